The van der Waals surface area contributed by atoms with E-state index in [0.717, 1.165) is 5.56 Å². The summed E-state index contributed by atoms with van der Waals surface area (Å²) in [7, 11) is 0. The lowest BCUT2D eigenvalue weighted by molar-refractivity contribution is 0.339. The lowest BCUT2D eigenvalue weighted by Gasteiger charge is -2.16. The van der Waals surface area contributed by atoms with Crippen molar-refractivity contribution < 1.29 is 4.42 Å². The van der Waals surface area contributed by atoms with Crippen molar-refractivity contribution in [1.82, 2.24) is 24.5 Å². The Morgan fingerprint density at radius 3 is 2.42 bits per heavy atom. The van der Waals surface area contributed by atoms with Crippen LogP contribution in [-0.2, 0) is 12.1 Å². The van der Waals surface area contributed by atoms with E-state index in [0.29, 0.717) is 22.6 Å². The second-order valence-corrected chi connectivity index (χ2v) is 6.94. The lowest BCUT2D eigenvalue weighted by atomic mass is 10.1. The zero-order valence-electron chi connectivity index (χ0n) is 13.9. The van der Waals surface area contributed by atoms with Crippen molar-refractivity contribution in [3.05, 3.63) is 51.5 Å². The van der Waals surface area contributed by atoms with Crippen LogP contribution in [0.25, 0.3) is 11.5 Å². The Kier molecular flexibility index (Phi) is 4.04. The molecule has 126 valence electrons. The first-order valence-corrected chi connectivity index (χ1v) is 7.89. The molecule has 0 unspecified atom stereocenters. The van der Waals surface area contributed by atoms with Gasteiger partial charge in [0, 0.05) is 10.6 Å². The van der Waals surface area contributed by atoms with Gasteiger partial charge in [-0.3, -0.25) is 4.57 Å². The summed E-state index contributed by atoms with van der Waals surface area (Å²) in [4.78, 5) is 12.5. The van der Waals surface area contributed by atoms with Gasteiger partial charge in [-0.05, 0) is 52.0 Å². The first kappa shape index (κ1) is 16.4. The summed E-state index contributed by atoms with van der Waals surface area (Å²) in [6.07, 6.45) is 0. The van der Waals surface area contributed by atoms with Crippen molar-refractivity contribution >= 4 is 11.6 Å². The van der Waals surface area contributed by atoms with E-state index in [2.05, 4.69) is 15.3 Å². The van der Waals surface area contributed by atoms with E-state index in [1.54, 1.807) is 31.2 Å². The molecule has 0 saturated heterocycles. The SMILES string of the molecule is Cc1nn(C(C)(C)C)c(=O)n1Cc1nnc(-c2ccc(Cl)cc2)o1. The lowest BCUT2D eigenvalue weighted by Crippen LogP contribution is -2.36. The predicted octanol–water partition coefficient (Wildman–Crippen LogP) is 2.86. The van der Waals surface area contributed by atoms with Crippen molar-refractivity contribution in [3.8, 4) is 11.5 Å². The molecule has 0 fully saturated rings. The summed E-state index contributed by atoms with van der Waals surface area (Å²) in [5, 5.41) is 13.0. The summed E-state index contributed by atoms with van der Waals surface area (Å²) < 4.78 is 8.63. The number of hydrogen-bond acceptors (Lipinski definition) is 5. The van der Waals surface area contributed by atoms with Gasteiger partial charge in [-0.2, -0.15) is 5.10 Å². The molecule has 3 rings (SSSR count). The van der Waals surface area contributed by atoms with E-state index in [4.69, 9.17) is 16.0 Å². The molecule has 1 aromatic carbocycles. The van der Waals surface area contributed by atoms with E-state index in [1.165, 1.54) is 9.25 Å². The molecule has 0 aliphatic carbocycles. The van der Waals surface area contributed by atoms with Crippen LogP contribution >= 0.6 is 11.6 Å². The van der Waals surface area contributed by atoms with Crippen molar-refractivity contribution in [1.29, 1.82) is 0 Å². The topological polar surface area (TPSA) is 78.7 Å². The normalized spacial score (nSPS) is 11.9. The zero-order valence-corrected chi connectivity index (χ0v) is 14.7. The van der Waals surface area contributed by atoms with Crippen LogP contribution in [0.2, 0.25) is 5.02 Å². The third-order valence-electron chi connectivity index (χ3n) is 3.53. The maximum atomic E-state index is 12.5. The van der Waals surface area contributed by atoms with Gasteiger partial charge >= 0.3 is 5.69 Å². The minimum atomic E-state index is -0.392. The Labute approximate surface area is 143 Å². The highest BCUT2D eigenvalue weighted by molar-refractivity contribution is 6.30. The highest BCUT2D eigenvalue weighted by Crippen LogP contribution is 2.20. The number of hydrogen-bond donors (Lipinski definition) is 0. The highest BCUT2D eigenvalue weighted by Gasteiger charge is 2.22. The summed E-state index contributed by atoms with van der Waals surface area (Å²) >= 11 is 5.87. The van der Waals surface area contributed by atoms with Gasteiger partial charge in [0.25, 0.3) is 0 Å². The minimum Gasteiger partial charge on any atom is -0.419 e. The smallest absolute Gasteiger partial charge is 0.346 e. The Balaban J connectivity index is 1.89. The highest BCUT2D eigenvalue weighted by atomic mass is 35.5. The van der Waals surface area contributed by atoms with Gasteiger partial charge in [0.05, 0.1) is 5.54 Å². The van der Waals surface area contributed by atoms with Crippen LogP contribution < -0.4 is 5.69 Å². The number of aryl methyl sites for hydroxylation is 1. The first-order chi connectivity index (χ1) is 11.3. The molecule has 24 heavy (non-hydrogen) atoms. The Hall–Kier alpha value is -2.41. The van der Waals surface area contributed by atoms with Crippen molar-refractivity contribution in [2.75, 3.05) is 0 Å². The molecule has 0 N–H and O–H groups in total. The van der Waals surface area contributed by atoms with Crippen molar-refractivity contribution in [2.24, 2.45) is 0 Å². The fourth-order valence-electron chi connectivity index (χ4n) is 2.28. The van der Waals surface area contributed by atoms with E-state index in [9.17, 15) is 4.79 Å². The van der Waals surface area contributed by atoms with Crippen LogP contribution in [0.3, 0.4) is 0 Å². The molecule has 2 aromatic heterocycles. The zero-order chi connectivity index (χ0) is 17.5. The van der Waals surface area contributed by atoms with E-state index < -0.39 is 5.54 Å². The van der Waals surface area contributed by atoms with Crippen molar-refractivity contribution in [3.63, 3.8) is 0 Å². The van der Waals surface area contributed by atoms with Crippen LogP contribution in [0.4, 0.5) is 0 Å². The molecule has 3 aromatic rings. The minimum absolute atomic E-state index is 0.182. The Morgan fingerprint density at radius 2 is 1.83 bits per heavy atom. The third kappa shape index (κ3) is 3.12. The third-order valence-corrected chi connectivity index (χ3v) is 3.79. The largest absolute Gasteiger partial charge is 0.419 e. The summed E-state index contributed by atoms with van der Waals surface area (Å²) in [6, 6.07) is 7.11. The molecular formula is C16H18ClN5O2. The molecule has 8 heteroatoms. The van der Waals surface area contributed by atoms with Crippen molar-refractivity contribution in [2.45, 2.75) is 39.8 Å². The molecule has 2 heterocycles. The molecule has 0 amide bonds. The first-order valence-electron chi connectivity index (χ1n) is 7.51. The molecule has 0 spiro atoms. The fourth-order valence-corrected chi connectivity index (χ4v) is 2.40. The van der Waals surface area contributed by atoms with Gasteiger partial charge in [-0.15, -0.1) is 10.2 Å². The molecule has 0 saturated carbocycles. The average Bonchev–Trinajstić information content (AvgIpc) is 3.08. The van der Waals surface area contributed by atoms with Crippen LogP contribution in [0, 0.1) is 6.92 Å². The van der Waals surface area contributed by atoms with Crippen LogP contribution in [-0.4, -0.2) is 24.5 Å². The monoisotopic (exact) mass is 347 g/mol. The van der Waals surface area contributed by atoms with E-state index in [1.807, 2.05) is 20.8 Å². The maximum absolute atomic E-state index is 12.5. The fraction of sp³-hybridized carbons (Fsp3) is 0.375. The van der Waals surface area contributed by atoms with E-state index in [-0.39, 0.29) is 12.2 Å². The number of benzene rings is 1. The second kappa shape index (κ2) is 5.90. The number of halogens is 1. The average molecular weight is 348 g/mol. The Bertz CT molecular complexity index is 915. The van der Waals surface area contributed by atoms with Gasteiger partial charge in [0.15, 0.2) is 0 Å². The standard InChI is InChI=1S/C16H18ClN5O2/c1-10-20-22(16(2,3)4)15(23)21(10)9-13-18-19-14(24-13)11-5-7-12(17)8-6-11/h5-8H,9H2,1-4H3. The molecule has 0 radical (unpaired) electrons. The van der Waals surface area contributed by atoms with Crippen LogP contribution in [0.15, 0.2) is 33.5 Å². The van der Waals surface area contributed by atoms with Gasteiger partial charge in [-0.25, -0.2) is 9.48 Å². The Morgan fingerprint density at radius 1 is 1.17 bits per heavy atom. The molecule has 0 bridgehead atoms. The predicted molar refractivity (Wildman–Crippen MR) is 90.1 cm³/mol. The quantitative estimate of drug-likeness (QED) is 0.728. The number of rotatable bonds is 3. The molecule has 7 nitrogen and oxygen atoms in total. The van der Waals surface area contributed by atoms with Gasteiger partial charge < -0.3 is 4.42 Å². The van der Waals surface area contributed by atoms with Gasteiger partial charge in [0.2, 0.25) is 11.8 Å². The van der Waals surface area contributed by atoms with Crippen LogP contribution in [0.1, 0.15) is 32.5 Å². The van der Waals surface area contributed by atoms with Gasteiger partial charge in [-0.1, -0.05) is 11.6 Å². The van der Waals surface area contributed by atoms with Crippen LogP contribution in [0.5, 0.6) is 0 Å². The number of aromatic nitrogens is 5. The summed E-state index contributed by atoms with van der Waals surface area (Å²) in [6.45, 7) is 7.74. The molecule has 0 aliphatic heterocycles. The van der Waals surface area contributed by atoms with E-state index >= 15 is 0 Å². The number of nitrogens with zero attached hydrogens (tertiary/aromatic N) is 5. The maximum Gasteiger partial charge on any atom is 0.346 e. The second-order valence-electron chi connectivity index (χ2n) is 6.51. The summed E-state index contributed by atoms with van der Waals surface area (Å²) in [5.74, 6) is 1.33. The summed E-state index contributed by atoms with van der Waals surface area (Å²) in [5.41, 5.74) is 0.176. The van der Waals surface area contributed by atoms with Gasteiger partial charge in [0.1, 0.15) is 12.4 Å². The molecule has 0 aliphatic rings. The molecular weight excluding hydrogens is 330 g/mol. The molecule has 0 atom stereocenters.